The van der Waals surface area contributed by atoms with E-state index in [1.54, 1.807) is 11.1 Å². The molecule has 1 saturated heterocycles. The smallest absolute Gasteiger partial charge is 0.188 e. The van der Waals surface area contributed by atoms with Gasteiger partial charge in [0.2, 0.25) is 0 Å². The summed E-state index contributed by atoms with van der Waals surface area (Å²) >= 11 is 2.03. The second-order valence-electron chi connectivity index (χ2n) is 11.4. The van der Waals surface area contributed by atoms with Gasteiger partial charge < -0.3 is 9.47 Å². The van der Waals surface area contributed by atoms with Crippen molar-refractivity contribution in [2.45, 2.75) is 86.6 Å². The van der Waals surface area contributed by atoms with Gasteiger partial charge in [0.1, 0.15) is 5.78 Å². The predicted molar refractivity (Wildman–Crippen MR) is 130 cm³/mol. The molecule has 1 heterocycles. The van der Waals surface area contributed by atoms with Crippen LogP contribution >= 0.6 is 11.8 Å². The highest BCUT2D eigenvalue weighted by atomic mass is 32.2. The molecule has 33 heavy (non-hydrogen) atoms. The summed E-state index contributed by atoms with van der Waals surface area (Å²) in [4.78, 5) is 14.5. The monoisotopic (exact) mass is 462 g/mol. The summed E-state index contributed by atoms with van der Waals surface area (Å²) in [6, 6.07) is 9.40. The molecule has 0 radical (unpaired) electrons. The fourth-order valence-electron chi connectivity index (χ4n) is 7.71. The van der Waals surface area contributed by atoms with Crippen LogP contribution in [0.5, 0.6) is 0 Å². The maximum atomic E-state index is 13.2. The Morgan fingerprint density at radius 2 is 1.76 bits per heavy atom. The van der Waals surface area contributed by atoms with Crippen LogP contribution < -0.4 is 0 Å². The zero-order chi connectivity index (χ0) is 22.2. The predicted octanol–water partition coefficient (Wildman–Crippen LogP) is 6.58. The zero-order valence-corrected chi connectivity index (χ0v) is 20.4. The Bertz CT molecular complexity index is 1040. The molecule has 6 aliphatic rings. The largest absolute Gasteiger partial charge is 0.344 e. The second-order valence-corrected chi connectivity index (χ2v) is 12.8. The second kappa shape index (κ2) is 7.57. The molecule has 0 bridgehead atoms. The normalized spacial score (nSPS) is 37.1. The van der Waals surface area contributed by atoms with Crippen LogP contribution in [-0.4, -0.2) is 30.0 Å². The molecule has 4 atom stereocenters. The Labute approximate surface area is 201 Å². The summed E-state index contributed by atoms with van der Waals surface area (Å²) in [7, 11) is 0. The third-order valence-corrected chi connectivity index (χ3v) is 10.8. The van der Waals surface area contributed by atoms with Crippen LogP contribution in [0.1, 0.15) is 76.2 Å². The van der Waals surface area contributed by atoms with Crippen molar-refractivity contribution >= 4 is 17.5 Å². The number of allylic oxidation sites excluding steroid dienone is 3. The summed E-state index contributed by atoms with van der Waals surface area (Å²) in [6.07, 6.45) is 12.1. The Morgan fingerprint density at radius 1 is 0.970 bits per heavy atom. The molecule has 4 fully saturated rings. The number of carbonyl (C=O) groups is 1. The number of ether oxygens (including phenoxy) is 2. The van der Waals surface area contributed by atoms with Crippen LogP contribution in [0.3, 0.4) is 0 Å². The first-order valence-corrected chi connectivity index (χ1v) is 14.0. The molecule has 4 unspecified atom stereocenters. The van der Waals surface area contributed by atoms with Crippen LogP contribution in [0.4, 0.5) is 0 Å². The minimum atomic E-state index is -0.476. The summed E-state index contributed by atoms with van der Waals surface area (Å²) in [5, 5.41) is 0.830. The van der Waals surface area contributed by atoms with E-state index in [-0.39, 0.29) is 5.41 Å². The van der Waals surface area contributed by atoms with E-state index in [0.717, 1.165) is 43.8 Å². The zero-order valence-electron chi connectivity index (χ0n) is 19.6. The van der Waals surface area contributed by atoms with E-state index in [1.807, 2.05) is 11.8 Å². The molecule has 7 rings (SSSR count). The molecule has 174 valence electrons. The Hall–Kier alpha value is -1.36. The van der Waals surface area contributed by atoms with Crippen molar-refractivity contribution < 1.29 is 14.3 Å². The number of carbonyl (C=O) groups excluding carboxylic acids is 1. The van der Waals surface area contributed by atoms with Gasteiger partial charge in [-0.05, 0) is 91.7 Å². The minimum Gasteiger partial charge on any atom is -0.344 e. The highest BCUT2D eigenvalue weighted by Crippen LogP contribution is 2.63. The fourth-order valence-corrected chi connectivity index (χ4v) is 8.76. The van der Waals surface area contributed by atoms with E-state index in [0.29, 0.717) is 36.8 Å². The standard InChI is InChI=1S/C29H34O3S/c1-28-17-24(18-2-5-20(6-3-18)33-21-7-8-21)27-22-12-13-29(31-14-15-32-29)16-19(22)4-9-23(27)25(28)10-11-26(28)30/h2-3,5-6,16,21,23-25H,4,7-15,17H2,1H3. The number of fused-ring (bicyclic) bond motifs is 4. The van der Waals surface area contributed by atoms with Crippen LogP contribution in [0.25, 0.3) is 0 Å². The summed E-state index contributed by atoms with van der Waals surface area (Å²) in [6.45, 7) is 3.70. The van der Waals surface area contributed by atoms with Crippen molar-refractivity contribution in [2.24, 2.45) is 17.3 Å². The van der Waals surface area contributed by atoms with E-state index in [1.165, 1.54) is 35.3 Å². The van der Waals surface area contributed by atoms with Gasteiger partial charge in [-0.3, -0.25) is 4.79 Å². The van der Waals surface area contributed by atoms with E-state index in [9.17, 15) is 4.79 Å². The molecule has 1 aromatic rings. The van der Waals surface area contributed by atoms with E-state index in [4.69, 9.17) is 9.47 Å². The van der Waals surface area contributed by atoms with Crippen molar-refractivity contribution in [3.8, 4) is 0 Å². The molecule has 0 N–H and O–H groups in total. The van der Waals surface area contributed by atoms with Gasteiger partial charge in [-0.15, -0.1) is 11.8 Å². The average molecular weight is 463 g/mol. The number of hydrogen-bond acceptors (Lipinski definition) is 4. The Balaban J connectivity index is 1.31. The highest BCUT2D eigenvalue weighted by molar-refractivity contribution is 8.00. The molecule has 1 aliphatic heterocycles. The van der Waals surface area contributed by atoms with Gasteiger partial charge in [-0.25, -0.2) is 0 Å². The maximum absolute atomic E-state index is 13.2. The van der Waals surface area contributed by atoms with Gasteiger partial charge >= 0.3 is 0 Å². The molecular weight excluding hydrogens is 428 g/mol. The first-order chi connectivity index (χ1) is 16.0. The summed E-state index contributed by atoms with van der Waals surface area (Å²) in [5.74, 6) is 1.46. The van der Waals surface area contributed by atoms with Gasteiger partial charge in [0.05, 0.1) is 13.2 Å². The van der Waals surface area contributed by atoms with Crippen LogP contribution in [0.2, 0.25) is 0 Å². The summed E-state index contributed by atoms with van der Waals surface area (Å²) < 4.78 is 12.1. The van der Waals surface area contributed by atoms with Gasteiger partial charge in [0, 0.05) is 34.3 Å². The summed E-state index contributed by atoms with van der Waals surface area (Å²) in [5.41, 5.74) is 5.97. The van der Waals surface area contributed by atoms with Gasteiger partial charge in [0.15, 0.2) is 5.79 Å². The van der Waals surface area contributed by atoms with E-state index >= 15 is 0 Å². The molecule has 4 heteroatoms. The van der Waals surface area contributed by atoms with Crippen LogP contribution in [0.15, 0.2) is 52.0 Å². The van der Waals surface area contributed by atoms with Crippen molar-refractivity contribution in [1.82, 2.24) is 0 Å². The average Bonchev–Trinajstić information content (AvgIpc) is 3.45. The van der Waals surface area contributed by atoms with Gasteiger partial charge in [-0.1, -0.05) is 24.6 Å². The van der Waals surface area contributed by atoms with Crippen molar-refractivity contribution in [1.29, 1.82) is 0 Å². The SMILES string of the molecule is CC12CC(c3ccc(SC4CC4)cc3)C3=C4CCC5(C=C4CCC3C1CCC2=O)OCCO5. The lowest BCUT2D eigenvalue weighted by Gasteiger charge is -2.50. The third kappa shape index (κ3) is 3.35. The van der Waals surface area contributed by atoms with Crippen molar-refractivity contribution in [2.75, 3.05) is 13.2 Å². The number of thioether (sulfide) groups is 1. The van der Waals surface area contributed by atoms with Crippen LogP contribution in [0, 0.1) is 17.3 Å². The maximum Gasteiger partial charge on any atom is 0.188 e. The number of hydrogen-bond donors (Lipinski definition) is 0. The topological polar surface area (TPSA) is 35.5 Å². The minimum absolute atomic E-state index is 0.157. The first-order valence-electron chi connectivity index (χ1n) is 13.1. The quantitative estimate of drug-likeness (QED) is 0.508. The molecule has 1 spiro atoms. The third-order valence-electron chi connectivity index (χ3n) is 9.49. The highest BCUT2D eigenvalue weighted by Gasteiger charge is 2.56. The Kier molecular flexibility index (Phi) is 4.81. The molecule has 5 aliphatic carbocycles. The number of ketones is 1. The lowest BCUT2D eigenvalue weighted by atomic mass is 9.53. The fraction of sp³-hybridized carbons (Fsp3) is 0.621. The van der Waals surface area contributed by atoms with Gasteiger partial charge in [-0.2, -0.15) is 0 Å². The molecule has 1 aromatic carbocycles. The lowest BCUT2D eigenvalue weighted by molar-refractivity contribution is -0.128. The van der Waals surface area contributed by atoms with Gasteiger partial charge in [0.25, 0.3) is 0 Å². The van der Waals surface area contributed by atoms with Crippen molar-refractivity contribution in [3.05, 3.63) is 52.6 Å². The number of benzene rings is 1. The van der Waals surface area contributed by atoms with E-state index in [2.05, 4.69) is 37.3 Å². The molecule has 0 aromatic heterocycles. The lowest BCUT2D eigenvalue weighted by Crippen LogP contribution is -2.44. The van der Waals surface area contributed by atoms with E-state index < -0.39 is 5.79 Å². The number of Topliss-reactive ketones (excluding diaryl/α,β-unsaturated/α-hetero) is 1. The molecular formula is C29H34O3S. The Morgan fingerprint density at radius 3 is 2.52 bits per heavy atom. The van der Waals surface area contributed by atoms with Crippen LogP contribution in [-0.2, 0) is 14.3 Å². The molecule has 3 nitrogen and oxygen atoms in total. The van der Waals surface area contributed by atoms with Crippen molar-refractivity contribution in [3.63, 3.8) is 0 Å². The first kappa shape index (κ1) is 21.0. The molecule has 0 amide bonds. The number of rotatable bonds is 3. The molecule has 3 saturated carbocycles.